The molecule has 7 nitrogen and oxygen atoms in total. The molecule has 0 unspecified atom stereocenters. The van der Waals surface area contributed by atoms with Crippen molar-refractivity contribution in [1.82, 2.24) is 15.0 Å². The van der Waals surface area contributed by atoms with Crippen LogP contribution in [0.1, 0.15) is 32.6 Å². The van der Waals surface area contributed by atoms with E-state index in [2.05, 4.69) is 32.6 Å². The highest BCUT2D eigenvalue weighted by atomic mass is 16.5. The maximum atomic E-state index is 5.25. The molecule has 0 bridgehead atoms. The van der Waals surface area contributed by atoms with Crippen LogP contribution in [0, 0.1) is 0 Å². The van der Waals surface area contributed by atoms with E-state index in [0.717, 1.165) is 13.0 Å². The fourth-order valence-corrected chi connectivity index (χ4v) is 1.34. The lowest BCUT2D eigenvalue weighted by Crippen LogP contribution is -2.14. The van der Waals surface area contributed by atoms with Crippen LogP contribution in [0.3, 0.4) is 0 Å². The van der Waals surface area contributed by atoms with Crippen LogP contribution in [-0.2, 0) is 0 Å². The van der Waals surface area contributed by atoms with E-state index in [-0.39, 0.29) is 12.0 Å². The van der Waals surface area contributed by atoms with Gasteiger partial charge in [0.2, 0.25) is 11.9 Å². The monoisotopic (exact) mass is 240 g/mol. The Morgan fingerprint density at radius 2 is 1.88 bits per heavy atom. The summed E-state index contributed by atoms with van der Waals surface area (Å²) in [5.41, 5.74) is 2.37. The zero-order valence-corrected chi connectivity index (χ0v) is 10.4. The van der Waals surface area contributed by atoms with E-state index >= 15 is 0 Å². The van der Waals surface area contributed by atoms with Crippen LogP contribution < -0.4 is 21.3 Å². The topological polar surface area (TPSA) is 98.0 Å². The molecule has 1 heterocycles. The van der Waals surface area contributed by atoms with Gasteiger partial charge in [0.25, 0.3) is 0 Å². The fraction of sp³-hybridized carbons (Fsp3) is 0.700. The molecule has 0 atom stereocenters. The van der Waals surface area contributed by atoms with E-state index in [0.29, 0.717) is 5.95 Å². The van der Waals surface area contributed by atoms with Crippen molar-refractivity contribution >= 4 is 11.9 Å². The van der Waals surface area contributed by atoms with Crippen LogP contribution in [0.15, 0.2) is 0 Å². The molecule has 0 spiro atoms. The van der Waals surface area contributed by atoms with Gasteiger partial charge in [-0.05, 0) is 6.42 Å². The van der Waals surface area contributed by atoms with E-state index in [1.807, 2.05) is 0 Å². The lowest BCUT2D eigenvalue weighted by Gasteiger charge is -2.07. The Hall–Kier alpha value is -1.63. The average Bonchev–Trinajstić information content (AvgIpc) is 2.38. The fourth-order valence-electron chi connectivity index (χ4n) is 1.34. The highest BCUT2D eigenvalue weighted by Crippen LogP contribution is 2.10. The number of unbranched alkanes of at least 4 members (excludes halogenated alkanes) is 3. The van der Waals surface area contributed by atoms with Gasteiger partial charge in [-0.3, -0.25) is 5.43 Å². The predicted octanol–water partition coefficient (Wildman–Crippen LogP) is 1.16. The summed E-state index contributed by atoms with van der Waals surface area (Å²) in [6.45, 7) is 3.01. The number of aromatic nitrogens is 3. The minimum absolute atomic E-state index is 0.240. The van der Waals surface area contributed by atoms with Crippen LogP contribution in [0.2, 0.25) is 0 Å². The number of nitrogen functional groups attached to an aromatic ring is 1. The van der Waals surface area contributed by atoms with Gasteiger partial charge >= 0.3 is 6.01 Å². The van der Waals surface area contributed by atoms with Crippen molar-refractivity contribution in [3.63, 3.8) is 0 Å². The number of nitrogens with zero attached hydrogens (tertiary/aromatic N) is 3. The van der Waals surface area contributed by atoms with Crippen molar-refractivity contribution < 1.29 is 4.74 Å². The first kappa shape index (κ1) is 13.4. The zero-order chi connectivity index (χ0) is 12.5. The van der Waals surface area contributed by atoms with Crippen molar-refractivity contribution in [2.24, 2.45) is 5.84 Å². The molecule has 0 aromatic carbocycles. The largest absolute Gasteiger partial charge is 0.467 e. The molecule has 0 fully saturated rings. The smallest absolute Gasteiger partial charge is 0.322 e. The first-order valence-electron chi connectivity index (χ1n) is 5.80. The molecular weight excluding hydrogens is 220 g/mol. The molecule has 4 N–H and O–H groups in total. The molecule has 0 saturated heterocycles. The summed E-state index contributed by atoms with van der Waals surface area (Å²) in [6, 6.07) is 0.240. The molecule has 0 saturated carbocycles. The Balaban J connectivity index is 2.46. The molecule has 0 aliphatic rings. The van der Waals surface area contributed by atoms with Gasteiger partial charge in [0, 0.05) is 6.54 Å². The summed E-state index contributed by atoms with van der Waals surface area (Å²) >= 11 is 0. The number of hydrazine groups is 1. The molecule has 0 radical (unpaired) electrons. The number of nitrogens with two attached hydrogens (primary N) is 1. The zero-order valence-electron chi connectivity index (χ0n) is 10.4. The van der Waals surface area contributed by atoms with Gasteiger partial charge < -0.3 is 10.1 Å². The summed E-state index contributed by atoms with van der Waals surface area (Å²) in [7, 11) is 1.50. The molecule has 0 aliphatic heterocycles. The van der Waals surface area contributed by atoms with Gasteiger partial charge in [0.1, 0.15) is 0 Å². The second-order valence-corrected chi connectivity index (χ2v) is 3.60. The summed E-state index contributed by atoms with van der Waals surface area (Å²) in [4.78, 5) is 12.0. The molecule has 96 valence electrons. The molecule has 1 rings (SSSR count). The summed E-state index contributed by atoms with van der Waals surface area (Å²) < 4.78 is 4.94. The lowest BCUT2D eigenvalue weighted by atomic mass is 10.2. The number of rotatable bonds is 8. The number of methoxy groups -OCH3 is 1. The second kappa shape index (κ2) is 7.61. The molecule has 0 amide bonds. The Morgan fingerprint density at radius 1 is 1.12 bits per heavy atom. The van der Waals surface area contributed by atoms with E-state index < -0.39 is 0 Å². The number of hydrogen-bond acceptors (Lipinski definition) is 7. The van der Waals surface area contributed by atoms with Crippen molar-refractivity contribution in [2.45, 2.75) is 32.6 Å². The maximum Gasteiger partial charge on any atom is 0.322 e. The van der Waals surface area contributed by atoms with E-state index in [1.54, 1.807) is 0 Å². The van der Waals surface area contributed by atoms with E-state index in [9.17, 15) is 0 Å². The summed E-state index contributed by atoms with van der Waals surface area (Å²) in [6.07, 6.45) is 4.76. The van der Waals surface area contributed by atoms with Crippen LogP contribution in [0.5, 0.6) is 6.01 Å². The van der Waals surface area contributed by atoms with Crippen molar-refractivity contribution in [1.29, 1.82) is 0 Å². The molecule has 17 heavy (non-hydrogen) atoms. The highest BCUT2D eigenvalue weighted by Gasteiger charge is 2.04. The van der Waals surface area contributed by atoms with E-state index in [4.69, 9.17) is 10.6 Å². The third kappa shape index (κ3) is 4.81. The normalized spacial score (nSPS) is 10.1. The van der Waals surface area contributed by atoms with Gasteiger partial charge in [-0.25, -0.2) is 5.84 Å². The number of anilines is 2. The molecular formula is C10H20N6O. The predicted molar refractivity (Wildman–Crippen MR) is 66.8 cm³/mol. The Kier molecular flexibility index (Phi) is 6.02. The average molecular weight is 240 g/mol. The van der Waals surface area contributed by atoms with Crippen LogP contribution in [0.25, 0.3) is 0 Å². The van der Waals surface area contributed by atoms with Crippen molar-refractivity contribution in [3.05, 3.63) is 0 Å². The van der Waals surface area contributed by atoms with Crippen LogP contribution in [-0.4, -0.2) is 28.6 Å². The Bertz CT molecular complexity index is 310. The van der Waals surface area contributed by atoms with Gasteiger partial charge in [-0.2, -0.15) is 15.0 Å². The first-order valence-corrected chi connectivity index (χ1v) is 5.80. The summed E-state index contributed by atoms with van der Waals surface area (Å²) in [5, 5.41) is 3.12. The maximum absolute atomic E-state index is 5.25. The molecule has 0 aliphatic carbocycles. The van der Waals surface area contributed by atoms with Gasteiger partial charge in [-0.1, -0.05) is 26.2 Å². The third-order valence-corrected chi connectivity index (χ3v) is 2.24. The SMILES string of the molecule is CCCCCCNc1nc(NN)nc(OC)n1. The minimum Gasteiger partial charge on any atom is -0.467 e. The standard InChI is InChI=1S/C10H20N6O/c1-3-4-5-6-7-12-8-13-9(16-11)15-10(14-8)17-2/h3-7,11H2,1-2H3,(H2,12,13,14,15,16). The summed E-state index contributed by atoms with van der Waals surface area (Å²) in [5.74, 6) is 6.01. The third-order valence-electron chi connectivity index (χ3n) is 2.24. The quantitative estimate of drug-likeness (QED) is 0.356. The highest BCUT2D eigenvalue weighted by molar-refractivity contribution is 5.34. The molecule has 1 aromatic heterocycles. The first-order chi connectivity index (χ1) is 8.30. The van der Waals surface area contributed by atoms with Crippen LogP contribution >= 0.6 is 0 Å². The second-order valence-electron chi connectivity index (χ2n) is 3.60. The number of hydrogen-bond donors (Lipinski definition) is 3. The number of ether oxygens (including phenoxy) is 1. The number of nitrogens with one attached hydrogen (secondary N) is 2. The van der Waals surface area contributed by atoms with Crippen molar-refractivity contribution in [3.8, 4) is 6.01 Å². The Labute approximate surface area is 101 Å². The minimum atomic E-state index is 0.240. The van der Waals surface area contributed by atoms with Gasteiger partial charge in [-0.15, -0.1) is 0 Å². The molecule has 1 aromatic rings. The Morgan fingerprint density at radius 3 is 2.53 bits per heavy atom. The van der Waals surface area contributed by atoms with Crippen molar-refractivity contribution in [2.75, 3.05) is 24.4 Å². The molecule has 7 heteroatoms. The van der Waals surface area contributed by atoms with Gasteiger partial charge in [0.05, 0.1) is 7.11 Å². The van der Waals surface area contributed by atoms with Gasteiger partial charge in [0.15, 0.2) is 0 Å². The van der Waals surface area contributed by atoms with E-state index in [1.165, 1.54) is 26.4 Å². The lowest BCUT2D eigenvalue weighted by molar-refractivity contribution is 0.379. The van der Waals surface area contributed by atoms with Crippen LogP contribution in [0.4, 0.5) is 11.9 Å².